The lowest BCUT2D eigenvalue weighted by molar-refractivity contribution is 0.199. The van der Waals surface area contributed by atoms with Crippen LogP contribution in [0.4, 0.5) is 0 Å². The zero-order chi connectivity index (χ0) is 9.97. The van der Waals surface area contributed by atoms with Crippen LogP contribution in [0, 0.1) is 0 Å². The van der Waals surface area contributed by atoms with E-state index >= 15 is 0 Å². The van der Waals surface area contributed by atoms with Crippen molar-refractivity contribution in [1.29, 1.82) is 0 Å². The first-order valence-electron chi connectivity index (χ1n) is 4.92. The second-order valence-electron chi connectivity index (χ2n) is 3.57. The minimum absolute atomic E-state index is 0.413. The number of rotatable bonds is 1. The molecule has 3 nitrogen and oxygen atoms in total. The van der Waals surface area contributed by atoms with E-state index in [0.29, 0.717) is 6.61 Å². The molecule has 1 atom stereocenters. The molecule has 0 bridgehead atoms. The van der Waals surface area contributed by atoms with Crippen LogP contribution < -0.4 is 10.1 Å². The molecule has 0 radical (unpaired) electrons. The predicted molar refractivity (Wildman–Crippen MR) is 54.3 cm³/mol. The van der Waals surface area contributed by atoms with Gasteiger partial charge < -0.3 is 15.2 Å². The van der Waals surface area contributed by atoms with Crippen molar-refractivity contribution < 1.29 is 9.84 Å². The molecule has 0 aliphatic carbocycles. The molecule has 1 aliphatic heterocycles. The van der Waals surface area contributed by atoms with Crippen LogP contribution in [0.2, 0.25) is 0 Å². The van der Waals surface area contributed by atoms with Gasteiger partial charge in [0.1, 0.15) is 12.4 Å². The Balaban J connectivity index is 2.32. The van der Waals surface area contributed by atoms with Crippen molar-refractivity contribution in [2.24, 2.45) is 0 Å². The van der Waals surface area contributed by atoms with Crippen molar-refractivity contribution in [2.75, 3.05) is 13.2 Å². The quantitative estimate of drug-likeness (QED) is 0.704. The lowest BCUT2D eigenvalue weighted by Crippen LogP contribution is -2.16. The molecule has 1 aromatic carbocycles. The molecule has 2 N–H and O–H groups in total. The molecule has 1 aliphatic rings. The van der Waals surface area contributed by atoms with E-state index in [1.54, 1.807) is 6.92 Å². The Morgan fingerprint density at radius 3 is 3.14 bits per heavy atom. The predicted octanol–water partition coefficient (Wildman–Crippen LogP) is 1.22. The van der Waals surface area contributed by atoms with Gasteiger partial charge in [-0.3, -0.25) is 0 Å². The van der Waals surface area contributed by atoms with Gasteiger partial charge in [-0.2, -0.15) is 0 Å². The van der Waals surface area contributed by atoms with Gasteiger partial charge in [-0.05, 0) is 24.6 Å². The minimum atomic E-state index is -0.413. The first-order chi connectivity index (χ1) is 6.77. The Morgan fingerprint density at radius 1 is 1.50 bits per heavy atom. The van der Waals surface area contributed by atoms with Crippen molar-refractivity contribution in [3.63, 3.8) is 0 Å². The molecule has 0 unspecified atom stereocenters. The molecule has 0 aromatic heterocycles. The highest BCUT2D eigenvalue weighted by Gasteiger charge is 2.10. The standard InChI is InChI=1S/C11H15NO2/c1-8(13)9-2-3-11-10(6-9)7-12-4-5-14-11/h2-3,6,8,12-13H,4-5,7H2,1H3/t8-/m1/s1. The summed E-state index contributed by atoms with van der Waals surface area (Å²) < 4.78 is 5.54. The highest BCUT2D eigenvalue weighted by molar-refractivity contribution is 5.38. The first-order valence-corrected chi connectivity index (χ1v) is 4.92. The summed E-state index contributed by atoms with van der Waals surface area (Å²) in [7, 11) is 0. The van der Waals surface area contributed by atoms with Crippen LogP contribution in [-0.2, 0) is 6.54 Å². The van der Waals surface area contributed by atoms with Gasteiger partial charge in [0, 0.05) is 18.7 Å². The maximum Gasteiger partial charge on any atom is 0.123 e. The SMILES string of the molecule is C[C@@H](O)c1ccc2c(c1)CNCCO2. The molecule has 0 spiro atoms. The van der Waals surface area contributed by atoms with Gasteiger partial charge in [0.2, 0.25) is 0 Å². The number of aliphatic hydroxyl groups excluding tert-OH is 1. The lowest BCUT2D eigenvalue weighted by Gasteiger charge is -2.10. The molecular formula is C11H15NO2. The van der Waals surface area contributed by atoms with Crippen molar-refractivity contribution in [1.82, 2.24) is 5.32 Å². The summed E-state index contributed by atoms with van der Waals surface area (Å²) in [5.41, 5.74) is 2.07. The van der Waals surface area contributed by atoms with Gasteiger partial charge >= 0.3 is 0 Å². The number of nitrogens with one attached hydrogen (secondary N) is 1. The van der Waals surface area contributed by atoms with E-state index in [1.165, 1.54) is 0 Å². The van der Waals surface area contributed by atoms with Crippen molar-refractivity contribution in [3.05, 3.63) is 29.3 Å². The third-order valence-corrected chi connectivity index (χ3v) is 2.42. The summed E-state index contributed by atoms with van der Waals surface area (Å²) in [6.07, 6.45) is -0.413. The molecule has 76 valence electrons. The van der Waals surface area contributed by atoms with E-state index < -0.39 is 6.10 Å². The number of ether oxygens (including phenoxy) is 1. The van der Waals surface area contributed by atoms with Gasteiger partial charge in [-0.1, -0.05) is 6.07 Å². The molecule has 0 saturated heterocycles. The topological polar surface area (TPSA) is 41.5 Å². The van der Waals surface area contributed by atoms with Crippen LogP contribution in [-0.4, -0.2) is 18.3 Å². The first kappa shape index (κ1) is 9.49. The van der Waals surface area contributed by atoms with E-state index in [9.17, 15) is 5.11 Å². The average Bonchev–Trinajstić information content (AvgIpc) is 2.41. The zero-order valence-electron chi connectivity index (χ0n) is 8.29. The van der Waals surface area contributed by atoms with Gasteiger partial charge in [-0.25, -0.2) is 0 Å². The van der Waals surface area contributed by atoms with Gasteiger partial charge in [0.05, 0.1) is 6.10 Å². The molecule has 1 heterocycles. The maximum absolute atomic E-state index is 9.43. The second-order valence-corrected chi connectivity index (χ2v) is 3.57. The molecule has 0 amide bonds. The highest BCUT2D eigenvalue weighted by Crippen LogP contribution is 2.24. The monoisotopic (exact) mass is 193 g/mol. The fraction of sp³-hybridized carbons (Fsp3) is 0.455. The Kier molecular flexibility index (Phi) is 2.70. The number of aliphatic hydroxyl groups is 1. The van der Waals surface area contributed by atoms with Crippen LogP contribution in [0.1, 0.15) is 24.2 Å². The smallest absolute Gasteiger partial charge is 0.123 e. The third-order valence-electron chi connectivity index (χ3n) is 2.42. The molecule has 0 fully saturated rings. The van der Waals surface area contributed by atoms with Crippen molar-refractivity contribution >= 4 is 0 Å². The minimum Gasteiger partial charge on any atom is -0.492 e. The number of fused-ring (bicyclic) bond motifs is 1. The lowest BCUT2D eigenvalue weighted by atomic mass is 10.1. The van der Waals surface area contributed by atoms with Crippen molar-refractivity contribution in [2.45, 2.75) is 19.6 Å². The van der Waals surface area contributed by atoms with E-state index in [4.69, 9.17) is 4.74 Å². The summed E-state index contributed by atoms with van der Waals surface area (Å²) in [4.78, 5) is 0. The van der Waals surface area contributed by atoms with E-state index in [-0.39, 0.29) is 0 Å². The summed E-state index contributed by atoms with van der Waals surface area (Å²) in [5, 5.41) is 12.7. The van der Waals surface area contributed by atoms with E-state index in [2.05, 4.69) is 5.32 Å². The van der Waals surface area contributed by atoms with Gasteiger partial charge in [0.15, 0.2) is 0 Å². The number of hydrogen-bond acceptors (Lipinski definition) is 3. The van der Waals surface area contributed by atoms with Crippen LogP contribution in [0.5, 0.6) is 5.75 Å². The zero-order valence-corrected chi connectivity index (χ0v) is 8.29. The molecule has 0 saturated carbocycles. The number of benzene rings is 1. The average molecular weight is 193 g/mol. The van der Waals surface area contributed by atoms with Gasteiger partial charge in [0.25, 0.3) is 0 Å². The Morgan fingerprint density at radius 2 is 2.36 bits per heavy atom. The molecular weight excluding hydrogens is 178 g/mol. The van der Waals surface area contributed by atoms with Crippen LogP contribution in [0.25, 0.3) is 0 Å². The highest BCUT2D eigenvalue weighted by atomic mass is 16.5. The summed E-state index contributed by atoms with van der Waals surface area (Å²) in [6.45, 7) is 4.17. The Hall–Kier alpha value is -1.06. The Labute approximate surface area is 83.7 Å². The second kappa shape index (κ2) is 3.98. The van der Waals surface area contributed by atoms with Crippen LogP contribution >= 0.6 is 0 Å². The summed E-state index contributed by atoms with van der Waals surface area (Å²) in [5.74, 6) is 0.930. The fourth-order valence-electron chi connectivity index (χ4n) is 1.59. The number of hydrogen-bond donors (Lipinski definition) is 2. The Bertz CT molecular complexity index is 323. The summed E-state index contributed by atoms with van der Waals surface area (Å²) in [6, 6.07) is 5.84. The molecule has 14 heavy (non-hydrogen) atoms. The van der Waals surface area contributed by atoms with Crippen LogP contribution in [0.3, 0.4) is 0 Å². The van der Waals surface area contributed by atoms with E-state index in [0.717, 1.165) is 30.0 Å². The third kappa shape index (κ3) is 1.89. The van der Waals surface area contributed by atoms with E-state index in [1.807, 2.05) is 18.2 Å². The molecule has 1 aromatic rings. The van der Waals surface area contributed by atoms with Gasteiger partial charge in [-0.15, -0.1) is 0 Å². The van der Waals surface area contributed by atoms with Crippen molar-refractivity contribution in [3.8, 4) is 5.75 Å². The van der Waals surface area contributed by atoms with Crippen LogP contribution in [0.15, 0.2) is 18.2 Å². The summed E-state index contributed by atoms with van der Waals surface area (Å²) >= 11 is 0. The fourth-order valence-corrected chi connectivity index (χ4v) is 1.59. The molecule has 2 rings (SSSR count). The maximum atomic E-state index is 9.43. The largest absolute Gasteiger partial charge is 0.492 e. The normalized spacial score (nSPS) is 17.9. The molecule has 3 heteroatoms.